The van der Waals surface area contributed by atoms with E-state index in [2.05, 4.69) is 51.0 Å². The predicted molar refractivity (Wildman–Crippen MR) is 96.1 cm³/mol. The third-order valence-electron chi connectivity index (χ3n) is 5.16. The minimum atomic E-state index is 0. The van der Waals surface area contributed by atoms with Crippen molar-refractivity contribution in [3.63, 3.8) is 0 Å². The summed E-state index contributed by atoms with van der Waals surface area (Å²) in [7, 11) is 2.13. The van der Waals surface area contributed by atoms with Crippen molar-refractivity contribution in [1.82, 2.24) is 24.7 Å². The number of aromatic nitrogens is 2. The summed E-state index contributed by atoms with van der Waals surface area (Å²) in [6.07, 6.45) is 1.30. The Hall–Kier alpha value is -1.14. The van der Waals surface area contributed by atoms with E-state index in [-0.39, 0.29) is 12.4 Å². The van der Waals surface area contributed by atoms with Gasteiger partial charge in [0.05, 0.1) is 17.6 Å². The van der Waals surface area contributed by atoms with E-state index >= 15 is 0 Å². The molecule has 0 aliphatic carbocycles. The molecule has 1 unspecified atom stereocenters. The van der Waals surface area contributed by atoms with Gasteiger partial charge in [-0.3, -0.25) is 9.80 Å². The van der Waals surface area contributed by atoms with Crippen LogP contribution in [0, 0.1) is 0 Å². The van der Waals surface area contributed by atoms with Crippen molar-refractivity contribution in [2.24, 2.45) is 7.05 Å². The molecule has 6 heteroatoms. The number of imidazole rings is 1. The number of piperazine rings is 1. The third-order valence-corrected chi connectivity index (χ3v) is 5.16. The molecule has 2 fully saturated rings. The second-order valence-electron chi connectivity index (χ2n) is 6.54. The molecule has 126 valence electrons. The molecule has 23 heavy (non-hydrogen) atoms. The molecule has 1 atom stereocenters. The number of para-hydroxylation sites is 2. The fourth-order valence-corrected chi connectivity index (χ4v) is 3.84. The summed E-state index contributed by atoms with van der Waals surface area (Å²) in [6, 6.07) is 9.14. The average Bonchev–Trinajstić information content (AvgIpc) is 3.15. The van der Waals surface area contributed by atoms with E-state index < -0.39 is 0 Å². The van der Waals surface area contributed by atoms with Gasteiger partial charge >= 0.3 is 0 Å². The van der Waals surface area contributed by atoms with Crippen molar-refractivity contribution in [3.8, 4) is 0 Å². The SMILES string of the molecule is Cl.Cn1c(CN2CCC(N3CCNCC3)C2)nc2ccccc21. The number of benzene rings is 1. The normalized spacial score (nSPS) is 23.3. The molecule has 5 nitrogen and oxygen atoms in total. The molecule has 0 spiro atoms. The van der Waals surface area contributed by atoms with Crippen LogP contribution >= 0.6 is 12.4 Å². The van der Waals surface area contributed by atoms with Gasteiger partial charge in [-0.25, -0.2) is 4.98 Å². The number of fused-ring (bicyclic) bond motifs is 1. The van der Waals surface area contributed by atoms with E-state index in [0.717, 1.165) is 31.2 Å². The van der Waals surface area contributed by atoms with Crippen LogP contribution in [0.15, 0.2) is 24.3 Å². The molecule has 3 heterocycles. The van der Waals surface area contributed by atoms with Crippen molar-refractivity contribution in [2.75, 3.05) is 39.3 Å². The molecule has 2 aromatic rings. The smallest absolute Gasteiger partial charge is 0.123 e. The third kappa shape index (κ3) is 3.38. The Labute approximate surface area is 144 Å². The van der Waals surface area contributed by atoms with Crippen LogP contribution in [0.5, 0.6) is 0 Å². The van der Waals surface area contributed by atoms with Gasteiger partial charge in [0, 0.05) is 52.4 Å². The van der Waals surface area contributed by atoms with Gasteiger partial charge in [0.1, 0.15) is 5.82 Å². The molecule has 1 N–H and O–H groups in total. The molecule has 1 aromatic heterocycles. The minimum absolute atomic E-state index is 0. The average molecular weight is 336 g/mol. The van der Waals surface area contributed by atoms with Crippen LogP contribution in [0.4, 0.5) is 0 Å². The molecule has 2 aliphatic heterocycles. The first kappa shape index (κ1) is 16.7. The zero-order valence-corrected chi connectivity index (χ0v) is 14.6. The molecule has 2 aliphatic rings. The lowest BCUT2D eigenvalue weighted by Crippen LogP contribution is -2.49. The van der Waals surface area contributed by atoms with Crippen molar-refractivity contribution in [2.45, 2.75) is 19.0 Å². The maximum Gasteiger partial charge on any atom is 0.123 e. The van der Waals surface area contributed by atoms with Crippen LogP contribution in [0.3, 0.4) is 0 Å². The Morgan fingerprint density at radius 3 is 2.74 bits per heavy atom. The number of hydrogen-bond donors (Lipinski definition) is 1. The summed E-state index contributed by atoms with van der Waals surface area (Å²) in [5.41, 5.74) is 2.34. The number of hydrogen-bond acceptors (Lipinski definition) is 4. The van der Waals surface area contributed by atoms with Gasteiger partial charge in [-0.05, 0) is 18.6 Å². The van der Waals surface area contributed by atoms with Gasteiger partial charge in [-0.15, -0.1) is 12.4 Å². The zero-order valence-electron chi connectivity index (χ0n) is 13.7. The summed E-state index contributed by atoms with van der Waals surface area (Å²) in [5.74, 6) is 1.18. The van der Waals surface area contributed by atoms with E-state index in [1.165, 1.54) is 43.9 Å². The molecule has 0 saturated carbocycles. The van der Waals surface area contributed by atoms with Crippen LogP contribution in [0.1, 0.15) is 12.2 Å². The van der Waals surface area contributed by atoms with E-state index in [4.69, 9.17) is 4.98 Å². The van der Waals surface area contributed by atoms with Gasteiger partial charge in [0.25, 0.3) is 0 Å². The molecule has 1 aromatic carbocycles. The summed E-state index contributed by atoms with van der Waals surface area (Å²) in [5, 5.41) is 3.44. The Bertz CT molecular complexity index is 649. The van der Waals surface area contributed by atoms with Gasteiger partial charge in [0.15, 0.2) is 0 Å². The Kier molecular flexibility index (Phi) is 5.21. The van der Waals surface area contributed by atoms with Gasteiger partial charge < -0.3 is 9.88 Å². The van der Waals surface area contributed by atoms with Crippen molar-refractivity contribution >= 4 is 23.4 Å². The topological polar surface area (TPSA) is 36.3 Å². The second-order valence-corrected chi connectivity index (χ2v) is 6.54. The lowest BCUT2D eigenvalue weighted by atomic mass is 10.2. The van der Waals surface area contributed by atoms with E-state index in [1.54, 1.807) is 0 Å². The van der Waals surface area contributed by atoms with Crippen molar-refractivity contribution in [3.05, 3.63) is 30.1 Å². The molecular formula is C17H26ClN5. The highest BCUT2D eigenvalue weighted by Gasteiger charge is 2.29. The first-order chi connectivity index (χ1) is 10.8. The highest BCUT2D eigenvalue weighted by Crippen LogP contribution is 2.20. The molecule has 0 bridgehead atoms. The molecule has 0 amide bonds. The van der Waals surface area contributed by atoms with Crippen LogP contribution in [0.25, 0.3) is 11.0 Å². The number of halogens is 1. The predicted octanol–water partition coefficient (Wildman–Crippen LogP) is 1.47. The highest BCUT2D eigenvalue weighted by atomic mass is 35.5. The molecule has 0 radical (unpaired) electrons. The lowest BCUT2D eigenvalue weighted by molar-refractivity contribution is 0.169. The largest absolute Gasteiger partial charge is 0.330 e. The Balaban J connectivity index is 0.00000156. The summed E-state index contributed by atoms with van der Waals surface area (Å²) >= 11 is 0. The fraction of sp³-hybridized carbons (Fsp3) is 0.588. The second kappa shape index (κ2) is 7.18. The maximum atomic E-state index is 4.81. The van der Waals surface area contributed by atoms with Crippen LogP contribution < -0.4 is 5.32 Å². The Morgan fingerprint density at radius 1 is 1.17 bits per heavy atom. The zero-order chi connectivity index (χ0) is 14.9. The van der Waals surface area contributed by atoms with E-state index in [1.807, 2.05) is 0 Å². The van der Waals surface area contributed by atoms with Gasteiger partial charge in [-0.1, -0.05) is 12.1 Å². The first-order valence-electron chi connectivity index (χ1n) is 8.39. The standard InChI is InChI=1S/C17H25N5.ClH/c1-20-16-5-3-2-4-15(16)19-17(20)13-21-9-6-14(12-21)22-10-7-18-8-11-22;/h2-5,14,18H,6-13H2,1H3;1H. The number of nitrogens with one attached hydrogen (secondary N) is 1. The van der Waals surface area contributed by atoms with E-state index in [0.29, 0.717) is 0 Å². The molecular weight excluding hydrogens is 310 g/mol. The van der Waals surface area contributed by atoms with Gasteiger partial charge in [0.2, 0.25) is 0 Å². The minimum Gasteiger partial charge on any atom is -0.330 e. The number of aryl methyl sites for hydroxylation is 1. The van der Waals surface area contributed by atoms with Crippen LogP contribution in [-0.4, -0.2) is 64.7 Å². The summed E-state index contributed by atoms with van der Waals surface area (Å²) in [4.78, 5) is 10.0. The number of rotatable bonds is 3. The quantitative estimate of drug-likeness (QED) is 0.921. The van der Waals surface area contributed by atoms with Crippen LogP contribution in [-0.2, 0) is 13.6 Å². The van der Waals surface area contributed by atoms with Crippen molar-refractivity contribution in [1.29, 1.82) is 0 Å². The lowest BCUT2D eigenvalue weighted by Gasteiger charge is -2.32. The fourth-order valence-electron chi connectivity index (χ4n) is 3.84. The monoisotopic (exact) mass is 335 g/mol. The Morgan fingerprint density at radius 2 is 1.96 bits per heavy atom. The summed E-state index contributed by atoms with van der Waals surface area (Å²) < 4.78 is 2.24. The highest BCUT2D eigenvalue weighted by molar-refractivity contribution is 5.85. The van der Waals surface area contributed by atoms with Crippen molar-refractivity contribution < 1.29 is 0 Å². The van der Waals surface area contributed by atoms with Crippen LogP contribution in [0.2, 0.25) is 0 Å². The molecule has 2 saturated heterocycles. The molecule has 4 rings (SSSR count). The first-order valence-corrected chi connectivity index (χ1v) is 8.39. The maximum absolute atomic E-state index is 4.81. The number of likely N-dealkylation sites (tertiary alicyclic amines) is 1. The van der Waals surface area contributed by atoms with Gasteiger partial charge in [-0.2, -0.15) is 0 Å². The number of nitrogens with zero attached hydrogens (tertiary/aromatic N) is 4. The van der Waals surface area contributed by atoms with E-state index in [9.17, 15) is 0 Å². The summed E-state index contributed by atoms with van der Waals surface area (Å²) in [6.45, 7) is 8.02.